The number of terminal acetylenes is 1. The maximum Gasteiger partial charge on any atom is 0.337 e. The van der Waals surface area contributed by atoms with Crippen LogP contribution in [0.15, 0.2) is 51.2 Å². The number of allylic oxidation sites excluding steroid dienone is 1. The molecule has 1 heterocycles. The summed E-state index contributed by atoms with van der Waals surface area (Å²) in [4.78, 5) is 24.5. The van der Waals surface area contributed by atoms with Gasteiger partial charge in [0.15, 0.2) is 17.7 Å². The number of aliphatic hydroxyl groups excluding tert-OH is 1. The third-order valence-corrected chi connectivity index (χ3v) is 6.70. The summed E-state index contributed by atoms with van der Waals surface area (Å²) in [5.41, 5.74) is 4.50. The number of hydrogen-bond acceptors (Lipinski definition) is 9. The Morgan fingerprint density at radius 1 is 1.30 bits per heavy atom. The zero-order valence-corrected chi connectivity index (χ0v) is 25.7. The molecule has 1 aliphatic rings. The second kappa shape index (κ2) is 14.8. The largest absolute Gasteiger partial charge is 0.490 e. The van der Waals surface area contributed by atoms with Crippen molar-refractivity contribution in [2.45, 2.75) is 26.1 Å². The predicted octanol–water partition coefficient (Wildman–Crippen LogP) is 3.59. The number of hydrazone groups is 1. The topological polar surface area (TPSA) is 140 Å². The number of benzene rings is 2. The molecule has 0 saturated heterocycles. The molecule has 0 unspecified atom stereocenters. The number of aliphatic hydroxyl groups is 1. The highest BCUT2D eigenvalue weighted by molar-refractivity contribution is 14.1. The van der Waals surface area contributed by atoms with E-state index in [-0.39, 0.29) is 18.8 Å². The molecule has 2 aromatic rings. The maximum atomic E-state index is 12.4. The van der Waals surface area contributed by atoms with Crippen LogP contribution in [0.1, 0.15) is 31.0 Å². The third kappa shape index (κ3) is 8.03. The van der Waals surface area contributed by atoms with Gasteiger partial charge in [0.1, 0.15) is 19.0 Å². The number of ether oxygens (including phenoxy) is 4. The molecule has 2 amide bonds. The SMILES string of the molecule is C#CCOc1c(I)cc(Br)cc1/C=N/N[C@@H](O)COc1ccc([C@H]2NC(=O)NC(C)=C2C(=O)OC)cc1OCC. The maximum absolute atomic E-state index is 12.4. The molecule has 4 N–H and O–H groups in total. The van der Waals surface area contributed by atoms with Gasteiger partial charge in [-0.3, -0.25) is 5.43 Å². The van der Waals surface area contributed by atoms with Gasteiger partial charge in [-0.2, -0.15) is 5.10 Å². The van der Waals surface area contributed by atoms with E-state index in [1.54, 1.807) is 25.1 Å². The molecule has 0 aliphatic carbocycles. The second-order valence-electron chi connectivity index (χ2n) is 8.21. The van der Waals surface area contributed by atoms with E-state index in [1.807, 2.05) is 19.1 Å². The molecule has 0 radical (unpaired) electrons. The van der Waals surface area contributed by atoms with E-state index in [0.717, 1.165) is 8.04 Å². The highest BCUT2D eigenvalue weighted by atomic mass is 127. The summed E-state index contributed by atoms with van der Waals surface area (Å²) in [6.45, 7) is 3.70. The lowest BCUT2D eigenvalue weighted by Crippen LogP contribution is -2.45. The van der Waals surface area contributed by atoms with Gasteiger partial charge in [-0.25, -0.2) is 9.59 Å². The van der Waals surface area contributed by atoms with Crippen LogP contribution in [0.3, 0.4) is 0 Å². The lowest BCUT2D eigenvalue weighted by molar-refractivity contribution is -0.136. The van der Waals surface area contributed by atoms with E-state index in [0.29, 0.717) is 40.7 Å². The Kier molecular flexibility index (Phi) is 11.5. The Hall–Kier alpha value is -3.48. The molecule has 1 aliphatic heterocycles. The van der Waals surface area contributed by atoms with Gasteiger partial charge < -0.3 is 34.7 Å². The second-order valence-corrected chi connectivity index (χ2v) is 10.3. The molecule has 0 spiro atoms. The van der Waals surface area contributed by atoms with Crippen molar-refractivity contribution >= 4 is 56.7 Å². The molecule has 2 aromatic carbocycles. The van der Waals surface area contributed by atoms with E-state index >= 15 is 0 Å². The lowest BCUT2D eigenvalue weighted by atomic mass is 9.95. The first-order valence-electron chi connectivity index (χ1n) is 12.0. The van der Waals surface area contributed by atoms with E-state index in [1.165, 1.54) is 13.3 Å². The monoisotopic (exact) mass is 726 g/mol. The van der Waals surface area contributed by atoms with Gasteiger partial charge >= 0.3 is 12.0 Å². The van der Waals surface area contributed by atoms with Crippen molar-refractivity contribution in [3.05, 3.63) is 60.8 Å². The standard InChI is InChI=1S/C27H28BrIN4O7/c1-5-9-39-25-17(10-18(28)12-19(25)29)13-30-33-22(34)14-40-20-8-7-16(11-21(20)38-6-2)24-23(26(35)37-4)15(3)31-27(36)32-24/h1,7-8,10-13,22,24,33-34H,6,9,14H2,2-4H3,(H2,31,32,36)/b30-13+/t22-,24+/m0/s1. The number of urea groups is 1. The van der Waals surface area contributed by atoms with Crippen molar-refractivity contribution in [1.82, 2.24) is 16.1 Å². The number of halogens is 2. The summed E-state index contributed by atoms with van der Waals surface area (Å²) >= 11 is 5.58. The van der Waals surface area contributed by atoms with E-state index in [4.69, 9.17) is 25.4 Å². The minimum Gasteiger partial charge on any atom is -0.490 e. The minimum atomic E-state index is -1.16. The Morgan fingerprint density at radius 3 is 2.77 bits per heavy atom. The number of methoxy groups -OCH3 is 1. The number of hydrogen-bond donors (Lipinski definition) is 4. The fourth-order valence-corrected chi connectivity index (χ4v) is 5.46. The minimum absolute atomic E-state index is 0.104. The summed E-state index contributed by atoms with van der Waals surface area (Å²) in [5.74, 6) is 3.15. The fraction of sp³-hybridized carbons (Fsp3) is 0.296. The number of carbonyl (C=O) groups is 2. The van der Waals surface area contributed by atoms with Crippen LogP contribution in [0, 0.1) is 15.9 Å². The van der Waals surface area contributed by atoms with Crippen LogP contribution < -0.4 is 30.3 Å². The van der Waals surface area contributed by atoms with Crippen LogP contribution in [0.25, 0.3) is 0 Å². The molecular weight excluding hydrogens is 699 g/mol. The van der Waals surface area contributed by atoms with Gasteiger partial charge in [0.05, 0.1) is 35.1 Å². The first kappa shape index (κ1) is 31.1. The number of nitrogens with one attached hydrogen (secondary N) is 3. The number of rotatable bonds is 12. The Balaban J connectivity index is 1.72. The molecule has 0 aromatic heterocycles. The molecule has 2 atom stereocenters. The van der Waals surface area contributed by atoms with Gasteiger partial charge in [0, 0.05) is 15.7 Å². The molecule has 40 heavy (non-hydrogen) atoms. The normalized spacial score (nSPS) is 15.5. The van der Waals surface area contributed by atoms with Crippen molar-refractivity contribution in [3.8, 4) is 29.6 Å². The van der Waals surface area contributed by atoms with Crippen molar-refractivity contribution in [2.75, 3.05) is 26.9 Å². The summed E-state index contributed by atoms with van der Waals surface area (Å²) in [6, 6.07) is 7.47. The molecule has 0 saturated carbocycles. The van der Waals surface area contributed by atoms with Gasteiger partial charge in [0.25, 0.3) is 0 Å². The summed E-state index contributed by atoms with van der Waals surface area (Å²) in [5, 5.41) is 19.8. The van der Waals surface area contributed by atoms with Crippen LogP contribution in [0.4, 0.5) is 4.79 Å². The molecular formula is C27H28BrIN4O7. The molecule has 0 fully saturated rings. The summed E-state index contributed by atoms with van der Waals surface area (Å²) in [7, 11) is 1.27. The Bertz CT molecular complexity index is 1360. The van der Waals surface area contributed by atoms with Crippen molar-refractivity contribution in [2.24, 2.45) is 5.10 Å². The Labute approximate surface area is 253 Å². The smallest absolute Gasteiger partial charge is 0.337 e. The molecule has 3 rings (SSSR count). The quantitative estimate of drug-likeness (QED) is 0.0651. The average molecular weight is 727 g/mol. The predicted molar refractivity (Wildman–Crippen MR) is 160 cm³/mol. The third-order valence-electron chi connectivity index (χ3n) is 5.44. The van der Waals surface area contributed by atoms with Gasteiger partial charge in [-0.05, 0) is 66.3 Å². The van der Waals surface area contributed by atoms with Gasteiger partial charge in [-0.15, -0.1) is 6.42 Å². The average Bonchev–Trinajstić information content (AvgIpc) is 2.91. The number of esters is 1. The molecule has 0 bridgehead atoms. The fourth-order valence-electron chi connectivity index (χ4n) is 3.76. The summed E-state index contributed by atoms with van der Waals surface area (Å²) in [6.07, 6.45) is 5.65. The van der Waals surface area contributed by atoms with Crippen LogP contribution >= 0.6 is 38.5 Å². The number of amides is 2. The van der Waals surface area contributed by atoms with E-state index in [9.17, 15) is 14.7 Å². The summed E-state index contributed by atoms with van der Waals surface area (Å²) < 4.78 is 23.7. The van der Waals surface area contributed by atoms with Crippen LogP contribution in [0.2, 0.25) is 0 Å². The Morgan fingerprint density at radius 2 is 2.08 bits per heavy atom. The van der Waals surface area contributed by atoms with Gasteiger partial charge in [0.2, 0.25) is 0 Å². The van der Waals surface area contributed by atoms with Gasteiger partial charge in [-0.1, -0.05) is 27.9 Å². The molecule has 212 valence electrons. The highest BCUT2D eigenvalue weighted by Gasteiger charge is 2.32. The number of nitrogens with zero attached hydrogens (tertiary/aromatic N) is 1. The van der Waals surface area contributed by atoms with Crippen molar-refractivity contribution in [1.29, 1.82) is 0 Å². The molecule has 11 nitrogen and oxygen atoms in total. The first-order chi connectivity index (χ1) is 19.2. The first-order valence-corrected chi connectivity index (χ1v) is 13.8. The zero-order valence-electron chi connectivity index (χ0n) is 21.9. The van der Waals surface area contributed by atoms with Crippen LogP contribution in [-0.4, -0.2) is 56.5 Å². The van der Waals surface area contributed by atoms with Crippen LogP contribution in [0.5, 0.6) is 17.2 Å². The van der Waals surface area contributed by atoms with Crippen LogP contribution in [-0.2, 0) is 9.53 Å². The highest BCUT2D eigenvalue weighted by Crippen LogP contribution is 2.35. The molecule has 13 heteroatoms. The van der Waals surface area contributed by atoms with Crippen molar-refractivity contribution in [3.63, 3.8) is 0 Å². The zero-order chi connectivity index (χ0) is 29.2. The lowest BCUT2D eigenvalue weighted by Gasteiger charge is -2.28. The number of carbonyl (C=O) groups excluding carboxylic acids is 2. The van der Waals surface area contributed by atoms with E-state index in [2.05, 4.69) is 65.6 Å². The van der Waals surface area contributed by atoms with E-state index < -0.39 is 24.3 Å². The van der Waals surface area contributed by atoms with Crippen molar-refractivity contribution < 1.29 is 33.6 Å².